The number of Topliss-reactive ketones (excluding diaryl/α,β-unsaturated/α-hetero) is 1. The summed E-state index contributed by atoms with van der Waals surface area (Å²) in [5, 5.41) is 0. The van der Waals surface area contributed by atoms with E-state index < -0.39 is 0 Å². The van der Waals surface area contributed by atoms with Crippen LogP contribution in [0.15, 0.2) is 24.3 Å². The quantitative estimate of drug-likeness (QED) is 0.766. The topological polar surface area (TPSA) is 29.5 Å². The molecule has 3 nitrogen and oxygen atoms in total. The first-order chi connectivity index (χ1) is 8.69. The minimum atomic E-state index is 0.0845. The van der Waals surface area contributed by atoms with Crippen LogP contribution in [0.1, 0.15) is 37.0 Å². The van der Waals surface area contributed by atoms with Crippen LogP contribution >= 0.6 is 0 Å². The molecule has 0 aliphatic carbocycles. The third kappa shape index (κ3) is 3.33. The highest BCUT2D eigenvalue weighted by molar-refractivity contribution is 5.94. The van der Waals surface area contributed by atoms with Crippen LogP contribution in [0.3, 0.4) is 0 Å². The first kappa shape index (κ1) is 13.1. The van der Waals surface area contributed by atoms with Crippen molar-refractivity contribution in [2.24, 2.45) is 0 Å². The van der Waals surface area contributed by atoms with Gasteiger partial charge in [-0.25, -0.2) is 0 Å². The Labute approximate surface area is 109 Å². The van der Waals surface area contributed by atoms with E-state index in [4.69, 9.17) is 4.74 Å². The van der Waals surface area contributed by atoms with Crippen LogP contribution in [0.25, 0.3) is 0 Å². The summed E-state index contributed by atoms with van der Waals surface area (Å²) in [4.78, 5) is 13.7. The Morgan fingerprint density at radius 2 is 2.11 bits per heavy atom. The maximum Gasteiger partial charge on any atom is 0.159 e. The number of hydrogen-bond donors (Lipinski definition) is 0. The molecule has 1 fully saturated rings. The zero-order valence-corrected chi connectivity index (χ0v) is 11.2. The van der Waals surface area contributed by atoms with Gasteiger partial charge in [0.05, 0.1) is 0 Å². The van der Waals surface area contributed by atoms with Crippen molar-refractivity contribution in [1.82, 2.24) is 4.90 Å². The van der Waals surface area contributed by atoms with Gasteiger partial charge in [0.15, 0.2) is 5.78 Å². The van der Waals surface area contributed by atoms with Crippen molar-refractivity contribution in [2.75, 3.05) is 19.6 Å². The SMILES string of the molecule is CCN1CCC(Oc2cccc(C(C)=O)c2)CC1. The number of ether oxygens (including phenoxy) is 1. The highest BCUT2D eigenvalue weighted by Gasteiger charge is 2.19. The number of ketones is 1. The third-order valence-electron chi connectivity index (χ3n) is 3.53. The van der Waals surface area contributed by atoms with Gasteiger partial charge in [0.1, 0.15) is 11.9 Å². The summed E-state index contributed by atoms with van der Waals surface area (Å²) in [6.45, 7) is 7.10. The number of likely N-dealkylation sites (tertiary alicyclic amines) is 1. The third-order valence-corrected chi connectivity index (χ3v) is 3.53. The van der Waals surface area contributed by atoms with Crippen LogP contribution in [0.2, 0.25) is 0 Å². The monoisotopic (exact) mass is 247 g/mol. The summed E-state index contributed by atoms with van der Waals surface area (Å²) in [5.74, 6) is 0.902. The summed E-state index contributed by atoms with van der Waals surface area (Å²) in [6.07, 6.45) is 2.42. The van der Waals surface area contributed by atoms with Crippen LogP contribution in [0.5, 0.6) is 5.75 Å². The van der Waals surface area contributed by atoms with Gasteiger partial charge in [-0.15, -0.1) is 0 Å². The van der Waals surface area contributed by atoms with Crippen molar-refractivity contribution in [2.45, 2.75) is 32.8 Å². The van der Waals surface area contributed by atoms with Crippen LogP contribution in [-0.4, -0.2) is 36.4 Å². The van der Waals surface area contributed by atoms with Gasteiger partial charge >= 0.3 is 0 Å². The largest absolute Gasteiger partial charge is 0.490 e. The normalized spacial score (nSPS) is 17.7. The molecule has 1 heterocycles. The molecule has 1 aliphatic rings. The van der Waals surface area contributed by atoms with Crippen molar-refractivity contribution in [3.63, 3.8) is 0 Å². The lowest BCUT2D eigenvalue weighted by Crippen LogP contribution is -2.37. The highest BCUT2D eigenvalue weighted by Crippen LogP contribution is 2.20. The number of piperidine rings is 1. The van der Waals surface area contributed by atoms with Gasteiger partial charge in [0.2, 0.25) is 0 Å². The fourth-order valence-electron chi connectivity index (χ4n) is 2.32. The second-order valence-electron chi connectivity index (χ2n) is 4.84. The molecule has 18 heavy (non-hydrogen) atoms. The van der Waals surface area contributed by atoms with E-state index in [-0.39, 0.29) is 11.9 Å². The molecule has 0 N–H and O–H groups in total. The molecule has 0 spiro atoms. The Morgan fingerprint density at radius 3 is 2.72 bits per heavy atom. The minimum Gasteiger partial charge on any atom is -0.490 e. The van der Waals surface area contributed by atoms with Gasteiger partial charge in [0, 0.05) is 18.7 Å². The van der Waals surface area contributed by atoms with Crippen molar-refractivity contribution in [1.29, 1.82) is 0 Å². The van der Waals surface area contributed by atoms with Crippen LogP contribution < -0.4 is 4.74 Å². The molecule has 0 amide bonds. The van der Waals surface area contributed by atoms with E-state index in [1.54, 1.807) is 6.92 Å². The number of benzene rings is 1. The van der Waals surface area contributed by atoms with Crippen LogP contribution in [-0.2, 0) is 0 Å². The Balaban J connectivity index is 1.94. The standard InChI is InChI=1S/C15H21NO2/c1-3-16-9-7-14(8-10-16)18-15-6-4-5-13(11-15)12(2)17/h4-6,11,14H,3,7-10H2,1-2H3. The van der Waals surface area contributed by atoms with E-state index in [9.17, 15) is 4.79 Å². The van der Waals surface area contributed by atoms with E-state index in [0.29, 0.717) is 0 Å². The maximum absolute atomic E-state index is 11.3. The Morgan fingerprint density at radius 1 is 1.39 bits per heavy atom. The van der Waals surface area contributed by atoms with Crippen LogP contribution in [0.4, 0.5) is 0 Å². The summed E-state index contributed by atoms with van der Waals surface area (Å²) in [5.41, 5.74) is 0.721. The summed E-state index contributed by atoms with van der Waals surface area (Å²) in [7, 11) is 0. The molecule has 1 aromatic rings. The second-order valence-corrected chi connectivity index (χ2v) is 4.84. The zero-order chi connectivity index (χ0) is 13.0. The molecule has 0 aromatic heterocycles. The molecular weight excluding hydrogens is 226 g/mol. The molecular formula is C15H21NO2. The highest BCUT2D eigenvalue weighted by atomic mass is 16.5. The lowest BCUT2D eigenvalue weighted by Gasteiger charge is -2.31. The number of carbonyl (C=O) groups excluding carboxylic acids is 1. The minimum absolute atomic E-state index is 0.0845. The van der Waals surface area contributed by atoms with Gasteiger partial charge in [-0.05, 0) is 38.4 Å². The number of carbonyl (C=O) groups is 1. The van der Waals surface area contributed by atoms with E-state index in [0.717, 1.165) is 43.8 Å². The number of rotatable bonds is 4. The molecule has 0 radical (unpaired) electrons. The first-order valence-corrected chi connectivity index (χ1v) is 6.69. The molecule has 1 saturated heterocycles. The smallest absolute Gasteiger partial charge is 0.159 e. The van der Waals surface area contributed by atoms with Gasteiger partial charge in [0.25, 0.3) is 0 Å². The Bertz CT molecular complexity index is 409. The van der Waals surface area contributed by atoms with Gasteiger partial charge in [-0.1, -0.05) is 19.1 Å². The fourth-order valence-corrected chi connectivity index (χ4v) is 2.32. The van der Waals surface area contributed by atoms with Crippen molar-refractivity contribution < 1.29 is 9.53 Å². The average Bonchev–Trinajstić information content (AvgIpc) is 2.40. The molecule has 0 bridgehead atoms. The van der Waals surface area contributed by atoms with Crippen molar-refractivity contribution in [3.05, 3.63) is 29.8 Å². The van der Waals surface area contributed by atoms with E-state index in [1.807, 2.05) is 24.3 Å². The van der Waals surface area contributed by atoms with E-state index >= 15 is 0 Å². The molecule has 3 heteroatoms. The molecule has 1 aliphatic heterocycles. The number of hydrogen-bond acceptors (Lipinski definition) is 3. The van der Waals surface area contributed by atoms with Gasteiger partial charge < -0.3 is 9.64 Å². The molecule has 0 saturated carbocycles. The van der Waals surface area contributed by atoms with E-state index in [1.165, 1.54) is 0 Å². The van der Waals surface area contributed by atoms with Gasteiger partial charge in [-0.3, -0.25) is 4.79 Å². The molecule has 0 atom stereocenters. The predicted molar refractivity (Wildman–Crippen MR) is 72.2 cm³/mol. The predicted octanol–water partition coefficient (Wildman–Crippen LogP) is 2.75. The zero-order valence-electron chi connectivity index (χ0n) is 11.2. The Hall–Kier alpha value is -1.35. The number of nitrogens with zero attached hydrogens (tertiary/aromatic N) is 1. The molecule has 0 unspecified atom stereocenters. The molecule has 1 aromatic carbocycles. The lowest BCUT2D eigenvalue weighted by atomic mass is 10.1. The summed E-state index contributed by atoms with van der Waals surface area (Å²) in [6, 6.07) is 7.48. The van der Waals surface area contributed by atoms with Crippen LogP contribution in [0, 0.1) is 0 Å². The molecule has 2 rings (SSSR count). The average molecular weight is 247 g/mol. The lowest BCUT2D eigenvalue weighted by molar-refractivity contribution is 0.0998. The Kier molecular flexibility index (Phi) is 4.37. The summed E-state index contributed by atoms with van der Waals surface area (Å²) >= 11 is 0. The summed E-state index contributed by atoms with van der Waals surface area (Å²) < 4.78 is 5.96. The maximum atomic E-state index is 11.3. The first-order valence-electron chi connectivity index (χ1n) is 6.69. The van der Waals surface area contributed by atoms with Crippen molar-refractivity contribution in [3.8, 4) is 5.75 Å². The van der Waals surface area contributed by atoms with Crippen molar-refractivity contribution >= 4 is 5.78 Å². The second kappa shape index (κ2) is 6.01. The molecule has 98 valence electrons. The fraction of sp³-hybridized carbons (Fsp3) is 0.533. The van der Waals surface area contributed by atoms with Gasteiger partial charge in [-0.2, -0.15) is 0 Å². The van der Waals surface area contributed by atoms with E-state index in [2.05, 4.69) is 11.8 Å².